The van der Waals surface area contributed by atoms with Crippen LogP contribution in [0.3, 0.4) is 0 Å². The predicted molar refractivity (Wildman–Crippen MR) is 32.0 cm³/mol. The van der Waals surface area contributed by atoms with Gasteiger partial charge in [0.15, 0.2) is 4.74 Å². The van der Waals surface area contributed by atoms with Gasteiger partial charge in [0.05, 0.1) is 0 Å². The number of rotatable bonds is 0. The van der Waals surface area contributed by atoms with Gasteiger partial charge in [-0.25, -0.2) is 0 Å². The summed E-state index contributed by atoms with van der Waals surface area (Å²) in [5.41, 5.74) is 0. The van der Waals surface area contributed by atoms with E-state index in [-0.39, 0.29) is 0 Å². The van der Waals surface area contributed by atoms with Crippen molar-refractivity contribution in [2.45, 2.75) is 6.18 Å². The van der Waals surface area contributed by atoms with E-state index in [4.69, 9.17) is 0 Å². The molecule has 0 heterocycles. The maximum atomic E-state index is 11.6. The quantitative estimate of drug-likeness (QED) is 0.592. The predicted octanol–water partition coefficient (Wildman–Crippen LogP) is 3.48. The summed E-state index contributed by atoms with van der Waals surface area (Å²) < 4.78 is 42.7. The Hall–Kier alpha value is 0.420. The van der Waals surface area contributed by atoms with Gasteiger partial charge in [-0.2, -0.15) is 17.6 Å². The van der Waals surface area contributed by atoms with Crippen molar-refractivity contribution < 1.29 is 17.6 Å². The molecule has 6 heteroatoms. The van der Waals surface area contributed by atoms with Crippen LogP contribution in [-0.4, -0.2) is 6.18 Å². The molecule has 0 fully saturated rings. The van der Waals surface area contributed by atoms with E-state index in [9.17, 15) is 17.6 Å². The summed E-state index contributed by atoms with van der Waals surface area (Å²) in [5, 5.41) is 0. The van der Waals surface area contributed by atoms with Crippen molar-refractivity contribution in [1.82, 2.24) is 0 Å². The van der Waals surface area contributed by atoms with Gasteiger partial charge in [0.1, 0.15) is 4.48 Å². The fourth-order valence-electron chi connectivity index (χ4n) is 0.107. The summed E-state index contributed by atoms with van der Waals surface area (Å²) in [6, 6.07) is 0. The standard InChI is InChI=1S/C3Br2F4/c4-1(2(5)6)3(7,8)9/b2-1-. The molecule has 0 aromatic carbocycles. The Labute approximate surface area is 65.2 Å². The molecule has 0 aliphatic carbocycles. The van der Waals surface area contributed by atoms with E-state index in [1.165, 1.54) is 0 Å². The monoisotopic (exact) mass is 270 g/mol. The molecule has 0 amide bonds. The lowest BCUT2D eigenvalue weighted by Crippen LogP contribution is -2.06. The van der Waals surface area contributed by atoms with Gasteiger partial charge in [0, 0.05) is 0 Å². The van der Waals surface area contributed by atoms with Crippen molar-refractivity contribution in [2.24, 2.45) is 0 Å². The normalized spacial score (nSPS) is 15.3. The zero-order chi connectivity index (χ0) is 7.65. The van der Waals surface area contributed by atoms with E-state index in [0.29, 0.717) is 0 Å². The smallest absolute Gasteiger partial charge is 0.198 e. The average Bonchev–Trinajstić information content (AvgIpc) is 1.62. The first-order valence-corrected chi connectivity index (χ1v) is 3.22. The number of halogens is 6. The summed E-state index contributed by atoms with van der Waals surface area (Å²) in [4.78, 5) is 0. The van der Waals surface area contributed by atoms with Gasteiger partial charge in [0.25, 0.3) is 0 Å². The van der Waals surface area contributed by atoms with E-state index in [1.807, 2.05) is 31.9 Å². The fraction of sp³-hybridized carbons (Fsp3) is 0.333. The van der Waals surface area contributed by atoms with Crippen molar-refractivity contribution >= 4 is 31.9 Å². The molecule has 0 N–H and O–H groups in total. The van der Waals surface area contributed by atoms with Crippen LogP contribution in [0.5, 0.6) is 0 Å². The van der Waals surface area contributed by atoms with Crippen molar-refractivity contribution in [1.29, 1.82) is 0 Å². The third-order valence-electron chi connectivity index (χ3n) is 0.415. The van der Waals surface area contributed by atoms with Crippen LogP contribution in [-0.2, 0) is 0 Å². The third-order valence-corrected chi connectivity index (χ3v) is 2.14. The van der Waals surface area contributed by atoms with Crippen LogP contribution in [0.2, 0.25) is 0 Å². The Morgan fingerprint density at radius 2 is 1.44 bits per heavy atom. The average molecular weight is 272 g/mol. The molecule has 0 rings (SSSR count). The number of hydrogen-bond donors (Lipinski definition) is 0. The first-order chi connectivity index (χ1) is 3.85. The lowest BCUT2D eigenvalue weighted by Gasteiger charge is -2.01. The zero-order valence-corrected chi connectivity index (χ0v) is 6.94. The van der Waals surface area contributed by atoms with Crippen molar-refractivity contribution in [3.8, 4) is 0 Å². The summed E-state index contributed by atoms with van der Waals surface area (Å²) in [7, 11) is 0. The van der Waals surface area contributed by atoms with E-state index < -0.39 is 15.4 Å². The van der Waals surface area contributed by atoms with Crippen LogP contribution >= 0.6 is 31.9 Å². The minimum absolute atomic E-state index is 1.44. The van der Waals surface area contributed by atoms with Crippen molar-refractivity contribution in [2.75, 3.05) is 0 Å². The van der Waals surface area contributed by atoms with Gasteiger partial charge in [-0.15, -0.1) is 0 Å². The van der Waals surface area contributed by atoms with Crippen LogP contribution in [0.15, 0.2) is 9.22 Å². The molecule has 0 saturated carbocycles. The zero-order valence-electron chi connectivity index (χ0n) is 3.77. The SMILES string of the molecule is F/C(Br)=C(\Br)C(F)(F)F. The second-order valence-corrected chi connectivity index (χ2v) is 2.56. The van der Waals surface area contributed by atoms with Crippen LogP contribution in [0.25, 0.3) is 0 Å². The minimum atomic E-state index is -4.65. The molecule has 0 aliphatic heterocycles. The Morgan fingerprint density at radius 3 is 1.44 bits per heavy atom. The van der Waals surface area contributed by atoms with Crippen LogP contribution in [0, 0.1) is 0 Å². The maximum absolute atomic E-state index is 11.6. The highest BCUT2D eigenvalue weighted by Gasteiger charge is 2.34. The largest absolute Gasteiger partial charge is 0.426 e. The highest BCUT2D eigenvalue weighted by Crippen LogP contribution is 2.35. The van der Waals surface area contributed by atoms with Crippen LogP contribution in [0.1, 0.15) is 0 Å². The molecule has 0 aromatic rings. The Balaban J connectivity index is 4.40. The van der Waals surface area contributed by atoms with Gasteiger partial charge in [-0.05, 0) is 31.9 Å². The maximum Gasteiger partial charge on any atom is 0.426 e. The molecule has 0 saturated heterocycles. The first-order valence-electron chi connectivity index (χ1n) is 1.63. The molecule has 0 bridgehead atoms. The molecule has 0 unspecified atom stereocenters. The molecule has 0 nitrogen and oxygen atoms in total. The molecule has 0 atom stereocenters. The lowest BCUT2D eigenvalue weighted by molar-refractivity contribution is -0.0838. The molecule has 0 radical (unpaired) electrons. The van der Waals surface area contributed by atoms with Crippen LogP contribution < -0.4 is 0 Å². The summed E-state index contributed by atoms with van der Waals surface area (Å²) in [6.07, 6.45) is -4.65. The highest BCUT2D eigenvalue weighted by atomic mass is 79.9. The molecule has 0 aromatic heterocycles. The van der Waals surface area contributed by atoms with Gasteiger partial charge < -0.3 is 0 Å². The molecule has 0 aliphatic rings. The van der Waals surface area contributed by atoms with Crippen LogP contribution in [0.4, 0.5) is 17.6 Å². The summed E-state index contributed by atoms with van der Waals surface area (Å²) in [6.45, 7) is 0. The number of hydrogen-bond acceptors (Lipinski definition) is 0. The molecule has 54 valence electrons. The van der Waals surface area contributed by atoms with E-state index in [0.717, 1.165) is 0 Å². The number of alkyl halides is 3. The Kier molecular flexibility index (Phi) is 3.15. The second-order valence-electron chi connectivity index (χ2n) is 1.07. The highest BCUT2D eigenvalue weighted by molar-refractivity contribution is 9.14. The molecule has 0 spiro atoms. The molecular weight excluding hydrogens is 272 g/mol. The third kappa shape index (κ3) is 3.20. The summed E-state index contributed by atoms with van der Waals surface area (Å²) in [5.74, 6) is 0. The van der Waals surface area contributed by atoms with Gasteiger partial charge in [-0.1, -0.05) is 0 Å². The lowest BCUT2D eigenvalue weighted by atomic mass is 10.6. The first kappa shape index (κ1) is 9.42. The molecule has 9 heavy (non-hydrogen) atoms. The van der Waals surface area contributed by atoms with Gasteiger partial charge >= 0.3 is 6.18 Å². The Bertz CT molecular complexity index is 131. The van der Waals surface area contributed by atoms with E-state index in [2.05, 4.69) is 0 Å². The Morgan fingerprint density at radius 1 is 1.11 bits per heavy atom. The summed E-state index contributed by atoms with van der Waals surface area (Å²) >= 11 is 4.02. The fourth-order valence-corrected chi connectivity index (χ4v) is 0.332. The van der Waals surface area contributed by atoms with Crippen molar-refractivity contribution in [3.63, 3.8) is 0 Å². The molecular formula is C3Br2F4. The van der Waals surface area contributed by atoms with E-state index >= 15 is 0 Å². The minimum Gasteiger partial charge on any atom is -0.198 e. The van der Waals surface area contributed by atoms with E-state index in [1.54, 1.807) is 0 Å². The van der Waals surface area contributed by atoms with Gasteiger partial charge in [-0.3, -0.25) is 0 Å². The second kappa shape index (κ2) is 3.01. The number of allylic oxidation sites excluding steroid dienone is 1. The van der Waals surface area contributed by atoms with Gasteiger partial charge in [0.2, 0.25) is 0 Å². The van der Waals surface area contributed by atoms with Crippen molar-refractivity contribution in [3.05, 3.63) is 9.22 Å². The topological polar surface area (TPSA) is 0 Å².